The van der Waals surface area contributed by atoms with Crippen molar-refractivity contribution in [1.29, 1.82) is 0 Å². The van der Waals surface area contributed by atoms with Crippen LogP contribution in [0.1, 0.15) is 36.0 Å². The largest absolute Gasteiger partial charge is 0.349 e. The number of nitrogens with one attached hydrogen (secondary N) is 2. The van der Waals surface area contributed by atoms with Crippen molar-refractivity contribution in [3.8, 4) is 5.69 Å². The van der Waals surface area contributed by atoms with Crippen LogP contribution in [0.3, 0.4) is 0 Å². The number of aromatic nitrogens is 3. The molecule has 1 saturated carbocycles. The van der Waals surface area contributed by atoms with Crippen LogP contribution in [-0.4, -0.2) is 32.2 Å². The highest BCUT2D eigenvalue weighted by molar-refractivity contribution is 5.94. The zero-order valence-electron chi connectivity index (χ0n) is 16.5. The Balaban J connectivity index is 1.44. The number of anilines is 1. The van der Waals surface area contributed by atoms with Crippen LogP contribution in [0.2, 0.25) is 0 Å². The fourth-order valence-electron chi connectivity index (χ4n) is 3.67. The molecule has 0 aliphatic heterocycles. The summed E-state index contributed by atoms with van der Waals surface area (Å²) in [6, 6.07) is 12.3. The monoisotopic (exact) mass is 405 g/mol. The summed E-state index contributed by atoms with van der Waals surface area (Å²) in [5, 5.41) is 9.87. The number of carbonyl (C=O) groups is 2. The van der Waals surface area contributed by atoms with Crippen LogP contribution in [0.15, 0.2) is 65.8 Å². The zero-order chi connectivity index (χ0) is 20.9. The summed E-state index contributed by atoms with van der Waals surface area (Å²) < 4.78 is 2.93. The van der Waals surface area contributed by atoms with E-state index in [9.17, 15) is 14.4 Å². The summed E-state index contributed by atoms with van der Waals surface area (Å²) in [6.07, 6.45) is 9.04. The molecule has 0 unspecified atom stereocenters. The summed E-state index contributed by atoms with van der Waals surface area (Å²) in [4.78, 5) is 37.7. The lowest BCUT2D eigenvalue weighted by Crippen LogP contribution is -2.38. The minimum atomic E-state index is -0.478. The van der Waals surface area contributed by atoms with E-state index in [0.29, 0.717) is 5.69 Å². The van der Waals surface area contributed by atoms with Crippen LogP contribution in [-0.2, 0) is 11.3 Å². The lowest BCUT2D eigenvalue weighted by molar-refractivity contribution is -0.116. The molecule has 2 heterocycles. The molecule has 2 N–H and O–H groups in total. The van der Waals surface area contributed by atoms with Gasteiger partial charge < -0.3 is 15.2 Å². The topological polar surface area (TPSA) is 98.0 Å². The number of hydrogen-bond donors (Lipinski definition) is 2. The maximum absolute atomic E-state index is 12.7. The van der Waals surface area contributed by atoms with E-state index in [2.05, 4.69) is 15.7 Å². The maximum Gasteiger partial charge on any atom is 0.263 e. The summed E-state index contributed by atoms with van der Waals surface area (Å²) in [5.41, 5.74) is 0.975. The minimum absolute atomic E-state index is 0.0536. The maximum atomic E-state index is 12.7. The molecular weight excluding hydrogens is 382 g/mol. The summed E-state index contributed by atoms with van der Waals surface area (Å²) in [6.45, 7) is -0.185. The third-order valence-corrected chi connectivity index (χ3v) is 5.17. The van der Waals surface area contributed by atoms with Crippen molar-refractivity contribution in [2.75, 3.05) is 5.32 Å². The van der Waals surface area contributed by atoms with Gasteiger partial charge >= 0.3 is 0 Å². The Morgan fingerprint density at radius 1 is 1.07 bits per heavy atom. The number of pyridine rings is 1. The molecule has 0 saturated heterocycles. The third-order valence-electron chi connectivity index (χ3n) is 5.17. The second-order valence-electron chi connectivity index (χ2n) is 7.36. The lowest BCUT2D eigenvalue weighted by Gasteiger charge is -2.13. The van der Waals surface area contributed by atoms with E-state index in [0.717, 1.165) is 31.4 Å². The highest BCUT2D eigenvalue weighted by atomic mass is 16.2. The molecule has 2 aromatic heterocycles. The standard InChI is InChI=1S/C22H23N5O3/c28-20(24-17-8-3-9-18(14-17)27-13-5-11-23-27)15-26-12-4-10-19(22(26)30)21(29)25-16-6-1-2-7-16/h3-5,8-14,16H,1-2,6-7,15H2,(H,24,28)(H,25,29). The smallest absolute Gasteiger partial charge is 0.263 e. The number of amides is 2. The van der Waals surface area contributed by atoms with Crippen molar-refractivity contribution < 1.29 is 9.59 Å². The molecular formula is C22H23N5O3. The van der Waals surface area contributed by atoms with Gasteiger partial charge in [0.2, 0.25) is 5.91 Å². The molecule has 0 atom stereocenters. The van der Waals surface area contributed by atoms with Gasteiger partial charge in [0, 0.05) is 30.3 Å². The summed E-state index contributed by atoms with van der Waals surface area (Å²) in [7, 11) is 0. The fourth-order valence-corrected chi connectivity index (χ4v) is 3.67. The average Bonchev–Trinajstić information content (AvgIpc) is 3.44. The SMILES string of the molecule is O=C(Cn1cccc(C(=O)NC2CCCC2)c1=O)Nc1cccc(-n2cccn2)c1. The second kappa shape index (κ2) is 8.77. The Hall–Kier alpha value is -3.68. The van der Waals surface area contributed by atoms with Gasteiger partial charge in [0.25, 0.3) is 11.5 Å². The highest BCUT2D eigenvalue weighted by Crippen LogP contribution is 2.18. The quantitative estimate of drug-likeness (QED) is 0.658. The average molecular weight is 405 g/mol. The van der Waals surface area contributed by atoms with Gasteiger partial charge in [-0.2, -0.15) is 5.10 Å². The van der Waals surface area contributed by atoms with Crippen LogP contribution in [0.5, 0.6) is 0 Å². The van der Waals surface area contributed by atoms with E-state index < -0.39 is 5.56 Å². The number of carbonyl (C=O) groups excluding carboxylic acids is 2. The summed E-state index contributed by atoms with van der Waals surface area (Å²) >= 11 is 0. The Morgan fingerprint density at radius 3 is 2.67 bits per heavy atom. The number of nitrogens with zero attached hydrogens (tertiary/aromatic N) is 3. The van der Waals surface area contributed by atoms with Gasteiger partial charge in [0.05, 0.1) is 5.69 Å². The molecule has 0 radical (unpaired) electrons. The van der Waals surface area contributed by atoms with Crippen molar-refractivity contribution in [1.82, 2.24) is 19.7 Å². The Kier molecular flexibility index (Phi) is 5.74. The van der Waals surface area contributed by atoms with Gasteiger partial charge in [0.15, 0.2) is 0 Å². The molecule has 1 aliphatic carbocycles. The molecule has 4 rings (SSSR count). The van der Waals surface area contributed by atoms with Gasteiger partial charge in [-0.1, -0.05) is 18.9 Å². The van der Waals surface area contributed by atoms with Crippen LogP contribution >= 0.6 is 0 Å². The van der Waals surface area contributed by atoms with Crippen molar-refractivity contribution in [2.24, 2.45) is 0 Å². The van der Waals surface area contributed by atoms with Gasteiger partial charge in [-0.3, -0.25) is 14.4 Å². The van der Waals surface area contributed by atoms with E-state index in [4.69, 9.17) is 0 Å². The molecule has 30 heavy (non-hydrogen) atoms. The van der Waals surface area contributed by atoms with Crippen molar-refractivity contribution in [2.45, 2.75) is 38.3 Å². The van der Waals surface area contributed by atoms with E-state index in [1.165, 1.54) is 16.8 Å². The lowest BCUT2D eigenvalue weighted by atomic mass is 10.2. The molecule has 1 fully saturated rings. The molecule has 8 heteroatoms. The van der Waals surface area contributed by atoms with Gasteiger partial charge in [-0.05, 0) is 49.2 Å². The molecule has 154 valence electrons. The normalized spacial score (nSPS) is 13.9. The van der Waals surface area contributed by atoms with Crippen LogP contribution in [0.25, 0.3) is 5.69 Å². The first-order chi connectivity index (χ1) is 14.6. The Bertz CT molecular complexity index is 1100. The van der Waals surface area contributed by atoms with Gasteiger partial charge in [0.1, 0.15) is 12.1 Å². The fraction of sp³-hybridized carbons (Fsp3) is 0.273. The van der Waals surface area contributed by atoms with Crippen molar-refractivity contribution in [3.05, 3.63) is 77.0 Å². The molecule has 0 spiro atoms. The van der Waals surface area contributed by atoms with E-state index in [1.54, 1.807) is 29.1 Å². The molecule has 3 aromatic rings. The highest BCUT2D eigenvalue weighted by Gasteiger charge is 2.20. The van der Waals surface area contributed by atoms with Crippen molar-refractivity contribution >= 4 is 17.5 Å². The second-order valence-corrected chi connectivity index (χ2v) is 7.36. The van der Waals surface area contributed by atoms with Gasteiger partial charge in [-0.15, -0.1) is 0 Å². The van der Waals surface area contributed by atoms with Crippen molar-refractivity contribution in [3.63, 3.8) is 0 Å². The molecule has 1 aliphatic rings. The Morgan fingerprint density at radius 2 is 1.90 bits per heavy atom. The van der Waals surface area contributed by atoms with Gasteiger partial charge in [-0.25, -0.2) is 4.68 Å². The predicted octanol–water partition coefficient (Wildman–Crippen LogP) is 2.35. The first kappa shape index (κ1) is 19.6. The number of benzene rings is 1. The van der Waals surface area contributed by atoms with E-state index in [1.807, 2.05) is 24.4 Å². The third kappa shape index (κ3) is 4.48. The van der Waals surface area contributed by atoms with E-state index >= 15 is 0 Å². The number of hydrogen-bond acceptors (Lipinski definition) is 4. The molecule has 8 nitrogen and oxygen atoms in total. The first-order valence-corrected chi connectivity index (χ1v) is 10.0. The van der Waals surface area contributed by atoms with E-state index in [-0.39, 0.29) is 30.0 Å². The minimum Gasteiger partial charge on any atom is -0.349 e. The van der Waals surface area contributed by atoms with Crippen LogP contribution < -0.4 is 16.2 Å². The first-order valence-electron chi connectivity index (χ1n) is 10.0. The molecule has 1 aromatic carbocycles. The van der Waals surface area contributed by atoms with Crippen LogP contribution in [0.4, 0.5) is 5.69 Å². The zero-order valence-corrected chi connectivity index (χ0v) is 16.5. The Labute approximate surface area is 173 Å². The molecule has 0 bridgehead atoms. The predicted molar refractivity (Wildman–Crippen MR) is 113 cm³/mol. The number of rotatable bonds is 6. The van der Waals surface area contributed by atoms with Crippen LogP contribution in [0, 0.1) is 0 Å². The summed E-state index contributed by atoms with van der Waals surface area (Å²) in [5.74, 6) is -0.739. The molecule has 2 amide bonds.